The minimum atomic E-state index is -3.98. The van der Waals surface area contributed by atoms with Crippen LogP contribution in [0.25, 0.3) is 22.2 Å². The lowest BCUT2D eigenvalue weighted by Crippen LogP contribution is -2.28. The maximum Gasteiger partial charge on any atom is 0.264 e. The van der Waals surface area contributed by atoms with Crippen molar-refractivity contribution in [1.29, 1.82) is 0 Å². The van der Waals surface area contributed by atoms with Crippen molar-refractivity contribution in [2.24, 2.45) is 0 Å². The van der Waals surface area contributed by atoms with Crippen LogP contribution < -0.4 is 14.8 Å². The molecule has 0 spiro atoms. The van der Waals surface area contributed by atoms with Gasteiger partial charge in [0.1, 0.15) is 10.6 Å². The van der Waals surface area contributed by atoms with Gasteiger partial charge in [0.15, 0.2) is 5.82 Å². The zero-order valence-corrected chi connectivity index (χ0v) is 23.1. The number of nitrogens with zero attached hydrogens (tertiary/aromatic N) is 4. The van der Waals surface area contributed by atoms with Crippen molar-refractivity contribution in [3.8, 4) is 17.1 Å². The van der Waals surface area contributed by atoms with Crippen LogP contribution in [0, 0.1) is 0 Å². The number of sulfonamides is 1. The third-order valence-corrected chi connectivity index (χ3v) is 8.60. The highest BCUT2D eigenvalue weighted by Gasteiger charge is 2.22. The summed E-state index contributed by atoms with van der Waals surface area (Å²) in [6.07, 6.45) is 6.93. The number of aliphatic hydroxyl groups is 1. The molecule has 2 aromatic heterocycles. The zero-order valence-electron chi connectivity index (χ0n) is 21.6. The van der Waals surface area contributed by atoms with Crippen molar-refractivity contribution in [2.75, 3.05) is 17.1 Å². The summed E-state index contributed by atoms with van der Waals surface area (Å²) in [5.41, 5.74) is 3.04. The van der Waals surface area contributed by atoms with Gasteiger partial charge in [-0.15, -0.1) is 0 Å². The van der Waals surface area contributed by atoms with Gasteiger partial charge in [-0.2, -0.15) is 4.98 Å². The van der Waals surface area contributed by atoms with E-state index in [1.54, 1.807) is 18.3 Å². The fourth-order valence-corrected chi connectivity index (χ4v) is 6.22. The van der Waals surface area contributed by atoms with Crippen molar-refractivity contribution in [2.45, 2.75) is 56.1 Å². The molecule has 0 saturated heterocycles. The molecular formula is C27H29ClN6O4S. The van der Waals surface area contributed by atoms with Crippen LogP contribution in [0.2, 0.25) is 5.02 Å². The van der Waals surface area contributed by atoms with E-state index in [4.69, 9.17) is 21.3 Å². The Bertz CT molecular complexity index is 1610. The molecule has 1 fully saturated rings. The van der Waals surface area contributed by atoms with Crippen LogP contribution in [0.15, 0.2) is 53.7 Å². The van der Waals surface area contributed by atoms with E-state index in [9.17, 15) is 13.5 Å². The zero-order chi connectivity index (χ0) is 27.6. The van der Waals surface area contributed by atoms with Gasteiger partial charge in [-0.05, 0) is 61.9 Å². The molecule has 1 aliphatic rings. The molecule has 0 unspecified atom stereocenters. The largest absolute Gasteiger partial charge is 0.479 e. The second-order valence-electron chi connectivity index (χ2n) is 9.42. The summed E-state index contributed by atoms with van der Waals surface area (Å²) >= 11 is 6.08. The van der Waals surface area contributed by atoms with Crippen LogP contribution >= 0.6 is 11.6 Å². The van der Waals surface area contributed by atoms with E-state index in [-0.39, 0.29) is 33.8 Å². The molecule has 39 heavy (non-hydrogen) atoms. The standard InChI is InChI=1S/C27H29ClN6O4S/c1-3-16-12-17(13-18-14-30-27(33-24(16)18)31-19-8-10-20(35)11-9-19)25-26(38-2)32-23(15-29-25)34-39(36,37)22-7-5-4-6-21(22)28/h4-7,12-15,19-20,35H,3,8-11H2,1-2H3,(H,32,34)(H,30,31,33). The fourth-order valence-electron chi connectivity index (χ4n) is 4.71. The first kappa shape index (κ1) is 27.0. The van der Waals surface area contributed by atoms with Crippen molar-refractivity contribution >= 4 is 44.3 Å². The molecule has 0 radical (unpaired) electrons. The Kier molecular flexibility index (Phi) is 7.83. The number of nitrogens with one attached hydrogen (secondary N) is 2. The number of hydrogen-bond acceptors (Lipinski definition) is 9. The number of ether oxygens (including phenoxy) is 1. The van der Waals surface area contributed by atoms with Gasteiger partial charge in [-0.1, -0.05) is 30.7 Å². The topological polar surface area (TPSA) is 139 Å². The Morgan fingerprint density at radius 1 is 1.08 bits per heavy atom. The summed E-state index contributed by atoms with van der Waals surface area (Å²) < 4.78 is 33.6. The molecule has 1 saturated carbocycles. The number of aryl methyl sites for hydroxylation is 1. The molecule has 5 rings (SSSR count). The first-order chi connectivity index (χ1) is 18.8. The minimum Gasteiger partial charge on any atom is -0.479 e. The van der Waals surface area contributed by atoms with Gasteiger partial charge in [0.25, 0.3) is 10.0 Å². The van der Waals surface area contributed by atoms with Crippen molar-refractivity contribution in [1.82, 2.24) is 19.9 Å². The lowest BCUT2D eigenvalue weighted by atomic mass is 9.93. The molecule has 4 aromatic rings. The third kappa shape index (κ3) is 5.90. The summed E-state index contributed by atoms with van der Waals surface area (Å²) in [4.78, 5) is 18.1. The van der Waals surface area contributed by atoms with Crippen LogP contribution in [0.3, 0.4) is 0 Å². The highest BCUT2D eigenvalue weighted by molar-refractivity contribution is 7.92. The number of fused-ring (bicyclic) bond motifs is 1. The summed E-state index contributed by atoms with van der Waals surface area (Å²) in [6.45, 7) is 2.05. The van der Waals surface area contributed by atoms with Gasteiger partial charge in [0, 0.05) is 23.2 Å². The van der Waals surface area contributed by atoms with E-state index in [2.05, 4.69) is 25.0 Å². The Morgan fingerprint density at radius 2 is 1.85 bits per heavy atom. The smallest absolute Gasteiger partial charge is 0.264 e. The van der Waals surface area contributed by atoms with Crippen LogP contribution in [0.1, 0.15) is 38.2 Å². The van der Waals surface area contributed by atoms with Crippen molar-refractivity contribution in [3.63, 3.8) is 0 Å². The van der Waals surface area contributed by atoms with E-state index < -0.39 is 10.0 Å². The molecule has 0 bridgehead atoms. The normalized spacial score (nSPS) is 17.6. The monoisotopic (exact) mass is 568 g/mol. The Morgan fingerprint density at radius 3 is 2.56 bits per heavy atom. The van der Waals surface area contributed by atoms with Crippen LogP contribution in [0.5, 0.6) is 5.88 Å². The van der Waals surface area contributed by atoms with E-state index in [1.807, 2.05) is 19.1 Å². The maximum absolute atomic E-state index is 12.8. The average Bonchev–Trinajstić information content (AvgIpc) is 2.93. The van der Waals surface area contributed by atoms with Crippen LogP contribution in [-0.4, -0.2) is 52.7 Å². The molecule has 0 atom stereocenters. The third-order valence-electron chi connectivity index (χ3n) is 6.75. The molecule has 204 valence electrons. The number of aromatic nitrogens is 4. The molecule has 2 aromatic carbocycles. The lowest BCUT2D eigenvalue weighted by Gasteiger charge is -2.26. The van der Waals surface area contributed by atoms with E-state index >= 15 is 0 Å². The predicted octanol–water partition coefficient (Wildman–Crippen LogP) is 4.83. The Labute approximate surface area is 231 Å². The van der Waals surface area contributed by atoms with Crippen LogP contribution in [-0.2, 0) is 16.4 Å². The SMILES string of the molecule is CCc1cc(-c2ncc(NS(=O)(=O)c3ccccc3Cl)nc2OC)cc2cnc(NC3CCC(O)CC3)nc12. The molecule has 10 nitrogen and oxygen atoms in total. The van der Waals surface area contributed by atoms with Gasteiger partial charge < -0.3 is 15.2 Å². The molecule has 2 heterocycles. The molecule has 1 aliphatic carbocycles. The number of aliphatic hydroxyl groups excluding tert-OH is 1. The number of rotatable bonds is 8. The second kappa shape index (κ2) is 11.3. The molecular weight excluding hydrogens is 540 g/mol. The summed E-state index contributed by atoms with van der Waals surface area (Å²) in [7, 11) is -2.53. The predicted molar refractivity (Wildman–Crippen MR) is 151 cm³/mol. The second-order valence-corrected chi connectivity index (χ2v) is 11.5. The Hall–Kier alpha value is -3.54. The van der Waals surface area contributed by atoms with Gasteiger partial charge in [-0.25, -0.2) is 23.4 Å². The summed E-state index contributed by atoms with van der Waals surface area (Å²) in [5, 5.41) is 14.1. The van der Waals surface area contributed by atoms with E-state index in [1.165, 1.54) is 25.4 Å². The summed E-state index contributed by atoms with van der Waals surface area (Å²) in [6, 6.07) is 10.3. The number of halogens is 1. The fraction of sp³-hybridized carbons (Fsp3) is 0.333. The maximum atomic E-state index is 12.8. The average molecular weight is 569 g/mol. The Balaban J connectivity index is 1.44. The number of hydrogen-bond donors (Lipinski definition) is 3. The highest BCUT2D eigenvalue weighted by Crippen LogP contribution is 2.33. The highest BCUT2D eigenvalue weighted by atomic mass is 35.5. The molecule has 12 heteroatoms. The number of benzene rings is 2. The van der Waals surface area contributed by atoms with Crippen molar-refractivity contribution in [3.05, 3.63) is 59.4 Å². The van der Waals surface area contributed by atoms with E-state index in [0.29, 0.717) is 11.6 Å². The number of methoxy groups -OCH3 is 1. The molecule has 0 aliphatic heterocycles. The van der Waals surface area contributed by atoms with E-state index in [0.717, 1.165) is 54.1 Å². The van der Waals surface area contributed by atoms with Crippen molar-refractivity contribution < 1.29 is 18.3 Å². The lowest BCUT2D eigenvalue weighted by molar-refractivity contribution is 0.126. The first-order valence-corrected chi connectivity index (χ1v) is 14.6. The molecule has 3 N–H and O–H groups in total. The summed E-state index contributed by atoms with van der Waals surface area (Å²) in [5.74, 6) is 0.731. The van der Waals surface area contributed by atoms with Gasteiger partial charge in [-0.3, -0.25) is 4.72 Å². The minimum absolute atomic E-state index is 0.00121. The quantitative estimate of drug-likeness (QED) is 0.273. The van der Waals surface area contributed by atoms with Crippen LogP contribution in [0.4, 0.5) is 11.8 Å². The number of anilines is 2. The molecule has 0 amide bonds. The van der Waals surface area contributed by atoms with Gasteiger partial charge >= 0.3 is 0 Å². The van der Waals surface area contributed by atoms with Gasteiger partial charge in [0.05, 0.1) is 29.9 Å². The van der Waals surface area contributed by atoms with Gasteiger partial charge in [0.2, 0.25) is 11.8 Å². The first-order valence-electron chi connectivity index (χ1n) is 12.7.